The number of hydrazone groups is 1. The minimum absolute atomic E-state index is 0.0624. The van der Waals surface area contributed by atoms with Crippen molar-refractivity contribution in [1.29, 1.82) is 0 Å². The Kier molecular flexibility index (Phi) is 3.42. The quantitative estimate of drug-likeness (QED) is 0.765. The van der Waals surface area contributed by atoms with E-state index in [1.165, 1.54) is 11.1 Å². The number of hydrogen-bond donors (Lipinski definition) is 2. The minimum atomic E-state index is -0.0624. The van der Waals surface area contributed by atoms with Crippen LogP contribution in [0.2, 0.25) is 0 Å². The van der Waals surface area contributed by atoms with Gasteiger partial charge in [0.25, 0.3) is 5.91 Å². The molecule has 1 saturated heterocycles. The van der Waals surface area contributed by atoms with Crippen molar-refractivity contribution < 1.29 is 4.79 Å². The molecule has 4 nitrogen and oxygen atoms in total. The molecule has 90 valence electrons. The average molecular weight is 231 g/mol. The molecule has 0 saturated carbocycles. The summed E-state index contributed by atoms with van der Waals surface area (Å²) >= 11 is 0. The molecule has 0 spiro atoms. The third-order valence-electron chi connectivity index (χ3n) is 2.96. The van der Waals surface area contributed by atoms with E-state index < -0.39 is 0 Å². The summed E-state index contributed by atoms with van der Waals surface area (Å²) in [6.45, 7) is 4.88. The van der Waals surface area contributed by atoms with Crippen LogP contribution in [0.15, 0.2) is 23.3 Å². The second-order valence-corrected chi connectivity index (χ2v) is 4.33. The van der Waals surface area contributed by atoms with Crippen LogP contribution in [-0.2, 0) is 4.79 Å². The first-order valence-corrected chi connectivity index (χ1v) is 5.85. The van der Waals surface area contributed by atoms with Gasteiger partial charge in [-0.2, -0.15) is 5.10 Å². The van der Waals surface area contributed by atoms with Crippen molar-refractivity contribution in [2.24, 2.45) is 5.10 Å². The van der Waals surface area contributed by atoms with E-state index in [4.69, 9.17) is 0 Å². The Morgan fingerprint density at radius 2 is 2.12 bits per heavy atom. The maximum absolute atomic E-state index is 11.5. The van der Waals surface area contributed by atoms with Gasteiger partial charge in [-0.25, -0.2) is 0 Å². The van der Waals surface area contributed by atoms with Gasteiger partial charge < -0.3 is 5.32 Å². The fourth-order valence-electron chi connectivity index (χ4n) is 1.72. The van der Waals surface area contributed by atoms with Crippen LogP contribution in [0.1, 0.15) is 24.0 Å². The molecule has 0 atom stereocenters. The Balaban J connectivity index is 2.08. The lowest BCUT2D eigenvalue weighted by Crippen LogP contribution is -2.37. The van der Waals surface area contributed by atoms with Crippen molar-refractivity contribution >= 4 is 17.3 Å². The predicted octanol–water partition coefficient (Wildman–Crippen LogP) is 1.98. The van der Waals surface area contributed by atoms with Crippen LogP contribution in [0.5, 0.6) is 0 Å². The second-order valence-electron chi connectivity index (χ2n) is 4.33. The van der Waals surface area contributed by atoms with E-state index in [2.05, 4.69) is 29.7 Å². The van der Waals surface area contributed by atoms with E-state index in [1.807, 2.05) is 18.2 Å². The SMILES string of the molecule is Cc1ccc(NN=C2CCCNC2=O)cc1C. The number of anilines is 1. The predicted molar refractivity (Wildman–Crippen MR) is 69.2 cm³/mol. The summed E-state index contributed by atoms with van der Waals surface area (Å²) in [6, 6.07) is 6.03. The van der Waals surface area contributed by atoms with Crippen molar-refractivity contribution in [1.82, 2.24) is 5.32 Å². The molecular formula is C13H17N3O. The Hall–Kier alpha value is -1.84. The molecule has 17 heavy (non-hydrogen) atoms. The van der Waals surface area contributed by atoms with Crippen LogP contribution in [0, 0.1) is 13.8 Å². The first-order chi connectivity index (χ1) is 8.16. The molecule has 1 aliphatic heterocycles. The monoisotopic (exact) mass is 231 g/mol. The molecule has 0 radical (unpaired) electrons. The van der Waals surface area contributed by atoms with Gasteiger partial charge in [0.15, 0.2) is 0 Å². The van der Waals surface area contributed by atoms with Gasteiger partial charge in [0.2, 0.25) is 0 Å². The van der Waals surface area contributed by atoms with Crippen molar-refractivity contribution in [3.63, 3.8) is 0 Å². The molecule has 0 aliphatic carbocycles. The molecule has 0 unspecified atom stereocenters. The third kappa shape index (κ3) is 2.84. The number of carbonyl (C=O) groups is 1. The van der Waals surface area contributed by atoms with Gasteiger partial charge >= 0.3 is 0 Å². The number of piperidine rings is 1. The molecule has 1 heterocycles. The fourth-order valence-corrected chi connectivity index (χ4v) is 1.72. The number of amides is 1. The standard InChI is InChI=1S/C13H17N3O/c1-9-5-6-11(8-10(9)2)15-16-12-4-3-7-14-13(12)17/h5-6,8,15H,3-4,7H2,1-2H3,(H,14,17). The number of carbonyl (C=O) groups excluding carboxylic acids is 1. The molecule has 1 aromatic carbocycles. The van der Waals surface area contributed by atoms with Crippen LogP contribution < -0.4 is 10.7 Å². The van der Waals surface area contributed by atoms with E-state index in [9.17, 15) is 4.79 Å². The van der Waals surface area contributed by atoms with E-state index in [0.717, 1.165) is 25.1 Å². The van der Waals surface area contributed by atoms with E-state index in [-0.39, 0.29) is 5.91 Å². The van der Waals surface area contributed by atoms with Crippen LogP contribution >= 0.6 is 0 Å². The highest BCUT2D eigenvalue weighted by Crippen LogP contribution is 2.14. The first-order valence-electron chi connectivity index (χ1n) is 5.85. The molecule has 0 bridgehead atoms. The summed E-state index contributed by atoms with van der Waals surface area (Å²) in [5, 5.41) is 6.94. The summed E-state index contributed by atoms with van der Waals surface area (Å²) in [5.74, 6) is -0.0624. The lowest BCUT2D eigenvalue weighted by molar-refractivity contribution is -0.115. The maximum Gasteiger partial charge on any atom is 0.267 e. The topological polar surface area (TPSA) is 53.5 Å². The summed E-state index contributed by atoms with van der Waals surface area (Å²) in [4.78, 5) is 11.5. The third-order valence-corrected chi connectivity index (χ3v) is 2.96. The molecule has 1 aliphatic rings. The van der Waals surface area contributed by atoms with Crippen LogP contribution in [-0.4, -0.2) is 18.2 Å². The molecule has 1 fully saturated rings. The van der Waals surface area contributed by atoms with Gasteiger partial charge in [-0.15, -0.1) is 0 Å². The lowest BCUT2D eigenvalue weighted by Gasteiger charge is -2.13. The smallest absolute Gasteiger partial charge is 0.267 e. The van der Waals surface area contributed by atoms with E-state index in [1.54, 1.807) is 0 Å². The van der Waals surface area contributed by atoms with E-state index in [0.29, 0.717) is 5.71 Å². The fraction of sp³-hybridized carbons (Fsp3) is 0.385. The molecule has 2 N–H and O–H groups in total. The van der Waals surface area contributed by atoms with Gasteiger partial charge in [-0.1, -0.05) is 6.07 Å². The number of benzene rings is 1. The number of aryl methyl sites for hydroxylation is 2. The highest BCUT2D eigenvalue weighted by atomic mass is 16.2. The highest BCUT2D eigenvalue weighted by molar-refractivity contribution is 6.39. The minimum Gasteiger partial charge on any atom is -0.351 e. The van der Waals surface area contributed by atoms with Crippen molar-refractivity contribution in [2.45, 2.75) is 26.7 Å². The number of rotatable bonds is 2. The van der Waals surface area contributed by atoms with Crippen LogP contribution in [0.4, 0.5) is 5.69 Å². The normalized spacial score (nSPS) is 18.0. The largest absolute Gasteiger partial charge is 0.351 e. The lowest BCUT2D eigenvalue weighted by atomic mass is 10.1. The highest BCUT2D eigenvalue weighted by Gasteiger charge is 2.15. The zero-order valence-electron chi connectivity index (χ0n) is 10.2. The van der Waals surface area contributed by atoms with Gasteiger partial charge in [0.1, 0.15) is 5.71 Å². The molecular weight excluding hydrogens is 214 g/mol. The Labute approximate surface area is 101 Å². The second kappa shape index (κ2) is 4.99. The number of hydrogen-bond acceptors (Lipinski definition) is 3. The van der Waals surface area contributed by atoms with Crippen molar-refractivity contribution in [3.8, 4) is 0 Å². The van der Waals surface area contributed by atoms with Gasteiger partial charge in [0, 0.05) is 6.54 Å². The zero-order valence-corrected chi connectivity index (χ0v) is 10.2. The van der Waals surface area contributed by atoms with Gasteiger partial charge in [-0.05, 0) is 49.9 Å². The van der Waals surface area contributed by atoms with Gasteiger partial charge in [0.05, 0.1) is 5.69 Å². The molecule has 2 rings (SSSR count). The Bertz CT molecular complexity index is 466. The summed E-state index contributed by atoms with van der Waals surface area (Å²) in [5.41, 5.74) is 6.89. The Morgan fingerprint density at radius 3 is 2.82 bits per heavy atom. The summed E-state index contributed by atoms with van der Waals surface area (Å²) in [7, 11) is 0. The first kappa shape index (κ1) is 11.6. The molecule has 1 aromatic rings. The van der Waals surface area contributed by atoms with Crippen molar-refractivity contribution in [3.05, 3.63) is 29.3 Å². The van der Waals surface area contributed by atoms with E-state index >= 15 is 0 Å². The number of nitrogens with one attached hydrogen (secondary N) is 2. The van der Waals surface area contributed by atoms with Crippen molar-refractivity contribution in [2.75, 3.05) is 12.0 Å². The van der Waals surface area contributed by atoms with Crippen LogP contribution in [0.3, 0.4) is 0 Å². The number of nitrogens with zero attached hydrogens (tertiary/aromatic N) is 1. The molecule has 0 aromatic heterocycles. The van der Waals surface area contributed by atoms with Gasteiger partial charge in [-0.3, -0.25) is 10.2 Å². The van der Waals surface area contributed by atoms with Crippen LogP contribution in [0.25, 0.3) is 0 Å². The maximum atomic E-state index is 11.5. The molecule has 4 heteroatoms. The Morgan fingerprint density at radius 1 is 1.29 bits per heavy atom. The molecule has 1 amide bonds. The zero-order chi connectivity index (χ0) is 12.3. The average Bonchev–Trinajstić information content (AvgIpc) is 2.32. The summed E-state index contributed by atoms with van der Waals surface area (Å²) in [6.07, 6.45) is 1.70. The summed E-state index contributed by atoms with van der Waals surface area (Å²) < 4.78 is 0.